The van der Waals surface area contributed by atoms with Crippen molar-refractivity contribution in [2.45, 2.75) is 38.8 Å². The van der Waals surface area contributed by atoms with Crippen molar-refractivity contribution in [2.75, 3.05) is 6.54 Å². The summed E-state index contributed by atoms with van der Waals surface area (Å²) in [5.74, 6) is -0.634. The average Bonchev–Trinajstić information content (AvgIpc) is 3.14. The molecular formula is C19H20ClN3O4S. The normalized spacial score (nSPS) is 14.3. The van der Waals surface area contributed by atoms with E-state index in [-0.39, 0.29) is 22.2 Å². The number of nitro benzene ring substituents is 1. The van der Waals surface area contributed by atoms with Crippen molar-refractivity contribution in [1.29, 1.82) is 0 Å². The van der Waals surface area contributed by atoms with E-state index in [0.29, 0.717) is 19.5 Å². The van der Waals surface area contributed by atoms with Gasteiger partial charge >= 0.3 is 0 Å². The Kier molecular flexibility index (Phi) is 6.31. The van der Waals surface area contributed by atoms with Crippen molar-refractivity contribution in [3.63, 3.8) is 0 Å². The maximum Gasteiger partial charge on any atom is 0.270 e. The van der Waals surface area contributed by atoms with Gasteiger partial charge in [-0.3, -0.25) is 19.7 Å². The van der Waals surface area contributed by atoms with Gasteiger partial charge in [0.15, 0.2) is 0 Å². The summed E-state index contributed by atoms with van der Waals surface area (Å²) in [6.45, 7) is 3.12. The zero-order chi connectivity index (χ0) is 20.3. The van der Waals surface area contributed by atoms with Gasteiger partial charge in [-0.05, 0) is 35.9 Å². The lowest BCUT2D eigenvalue weighted by atomic mass is 10.1. The molecule has 2 aromatic rings. The highest BCUT2D eigenvalue weighted by Gasteiger charge is 2.29. The first-order chi connectivity index (χ1) is 13.4. The van der Waals surface area contributed by atoms with Crippen LogP contribution in [0.25, 0.3) is 0 Å². The molecule has 0 saturated carbocycles. The van der Waals surface area contributed by atoms with Crippen molar-refractivity contribution in [1.82, 2.24) is 10.2 Å². The molecule has 1 aromatic heterocycles. The van der Waals surface area contributed by atoms with Crippen LogP contribution in [-0.2, 0) is 17.8 Å². The van der Waals surface area contributed by atoms with Crippen LogP contribution in [0.3, 0.4) is 0 Å². The molecule has 28 heavy (non-hydrogen) atoms. The van der Waals surface area contributed by atoms with Crippen LogP contribution in [0.1, 0.15) is 40.6 Å². The van der Waals surface area contributed by atoms with Crippen LogP contribution in [-0.4, -0.2) is 34.2 Å². The zero-order valence-electron chi connectivity index (χ0n) is 15.3. The van der Waals surface area contributed by atoms with Gasteiger partial charge in [0.1, 0.15) is 6.04 Å². The number of hydrogen-bond donors (Lipinski definition) is 1. The summed E-state index contributed by atoms with van der Waals surface area (Å²) in [5.41, 5.74) is 1.08. The minimum atomic E-state index is -0.663. The SMILES string of the molecule is CCCC(NC(=O)c1ccc([N+](=O)[O-])cc1Cl)C(=O)N1CCc2sccc2C1. The molecule has 9 heteroatoms. The third kappa shape index (κ3) is 4.34. The van der Waals surface area contributed by atoms with Crippen molar-refractivity contribution in [3.8, 4) is 0 Å². The second kappa shape index (κ2) is 8.70. The fourth-order valence-electron chi connectivity index (χ4n) is 3.24. The summed E-state index contributed by atoms with van der Waals surface area (Å²) in [6.07, 6.45) is 2.05. The minimum absolute atomic E-state index is 0.0183. The van der Waals surface area contributed by atoms with Crippen molar-refractivity contribution < 1.29 is 14.5 Å². The number of nitrogens with zero attached hydrogens (tertiary/aromatic N) is 2. The van der Waals surface area contributed by atoms with Crippen LogP contribution in [0.5, 0.6) is 0 Å². The van der Waals surface area contributed by atoms with Crippen LogP contribution in [0.2, 0.25) is 5.02 Å². The summed E-state index contributed by atoms with van der Waals surface area (Å²) in [4.78, 5) is 39.0. The molecule has 0 spiro atoms. The van der Waals surface area contributed by atoms with Gasteiger partial charge in [-0.1, -0.05) is 24.9 Å². The molecule has 2 amide bonds. The standard InChI is InChI=1S/C19H20ClN3O4S/c1-2-3-16(19(25)22-8-6-17-12(11-22)7-9-28-17)21-18(24)14-5-4-13(23(26)27)10-15(14)20/h4-5,7,9-10,16H,2-3,6,8,11H2,1H3,(H,21,24). The number of nitrogens with one attached hydrogen (secondary N) is 1. The van der Waals surface area contributed by atoms with Crippen molar-refractivity contribution in [3.05, 3.63) is 60.8 Å². The van der Waals surface area contributed by atoms with E-state index in [4.69, 9.17) is 11.6 Å². The van der Waals surface area contributed by atoms with Crippen LogP contribution >= 0.6 is 22.9 Å². The Balaban J connectivity index is 1.73. The monoisotopic (exact) mass is 421 g/mol. The fourth-order valence-corrected chi connectivity index (χ4v) is 4.39. The van der Waals surface area contributed by atoms with Crippen LogP contribution < -0.4 is 5.32 Å². The Morgan fingerprint density at radius 1 is 1.39 bits per heavy atom. The predicted molar refractivity (Wildman–Crippen MR) is 108 cm³/mol. The topological polar surface area (TPSA) is 92.5 Å². The summed E-state index contributed by atoms with van der Waals surface area (Å²) >= 11 is 7.74. The van der Waals surface area contributed by atoms with E-state index in [9.17, 15) is 19.7 Å². The fraction of sp³-hybridized carbons (Fsp3) is 0.368. The van der Waals surface area contributed by atoms with Gasteiger partial charge < -0.3 is 10.2 Å². The van der Waals surface area contributed by atoms with Crippen LogP contribution in [0, 0.1) is 10.1 Å². The van der Waals surface area contributed by atoms with Gasteiger partial charge in [0.2, 0.25) is 5.91 Å². The molecule has 0 radical (unpaired) electrons. The van der Waals surface area contributed by atoms with E-state index in [0.717, 1.165) is 24.5 Å². The maximum absolute atomic E-state index is 13.0. The molecule has 7 nitrogen and oxygen atoms in total. The van der Waals surface area contributed by atoms with Crippen molar-refractivity contribution >= 4 is 40.4 Å². The molecule has 1 aliphatic rings. The van der Waals surface area contributed by atoms with Crippen molar-refractivity contribution in [2.24, 2.45) is 0 Å². The first-order valence-corrected chi connectivity index (χ1v) is 10.2. The number of fused-ring (bicyclic) bond motifs is 1. The van der Waals surface area contributed by atoms with Crippen LogP contribution in [0.4, 0.5) is 5.69 Å². The summed E-state index contributed by atoms with van der Waals surface area (Å²) in [6, 6.07) is 5.03. The molecule has 1 aromatic carbocycles. The average molecular weight is 422 g/mol. The minimum Gasteiger partial charge on any atom is -0.340 e. The predicted octanol–water partition coefficient (Wildman–Crippen LogP) is 3.79. The maximum atomic E-state index is 13.0. The lowest BCUT2D eigenvalue weighted by molar-refractivity contribution is -0.384. The first-order valence-electron chi connectivity index (χ1n) is 8.99. The highest BCUT2D eigenvalue weighted by atomic mass is 35.5. The summed E-state index contributed by atoms with van der Waals surface area (Å²) in [5, 5.41) is 15.6. The Hall–Kier alpha value is -2.45. The zero-order valence-corrected chi connectivity index (χ0v) is 16.9. The van der Waals surface area contributed by atoms with E-state index >= 15 is 0 Å². The third-order valence-corrected chi connectivity index (χ3v) is 6.04. The molecule has 0 fully saturated rings. The number of nitro groups is 1. The lowest BCUT2D eigenvalue weighted by Crippen LogP contribution is -2.49. The van der Waals surface area contributed by atoms with Gasteiger partial charge in [-0.25, -0.2) is 0 Å². The number of thiophene rings is 1. The molecular weight excluding hydrogens is 402 g/mol. The molecule has 1 atom stereocenters. The molecule has 1 N–H and O–H groups in total. The van der Waals surface area contributed by atoms with E-state index in [2.05, 4.69) is 5.32 Å². The lowest BCUT2D eigenvalue weighted by Gasteiger charge is -2.31. The molecule has 148 valence electrons. The molecule has 0 saturated heterocycles. The van der Waals surface area contributed by atoms with E-state index in [1.807, 2.05) is 18.4 Å². The molecule has 3 rings (SSSR count). The highest BCUT2D eigenvalue weighted by Crippen LogP contribution is 2.25. The quantitative estimate of drug-likeness (QED) is 0.567. The second-order valence-electron chi connectivity index (χ2n) is 6.61. The van der Waals surface area contributed by atoms with E-state index in [1.165, 1.54) is 17.0 Å². The summed E-state index contributed by atoms with van der Waals surface area (Å²) < 4.78 is 0. The van der Waals surface area contributed by atoms with Gasteiger partial charge in [0, 0.05) is 30.1 Å². The number of hydrogen-bond acceptors (Lipinski definition) is 5. The van der Waals surface area contributed by atoms with Gasteiger partial charge in [0.25, 0.3) is 11.6 Å². The third-order valence-electron chi connectivity index (χ3n) is 4.71. The molecule has 1 aliphatic heterocycles. The number of halogens is 1. The number of amides is 2. The van der Waals surface area contributed by atoms with Crippen LogP contribution in [0.15, 0.2) is 29.6 Å². The Morgan fingerprint density at radius 3 is 2.86 bits per heavy atom. The molecule has 2 heterocycles. The van der Waals surface area contributed by atoms with Gasteiger partial charge in [-0.15, -0.1) is 11.3 Å². The summed E-state index contributed by atoms with van der Waals surface area (Å²) in [7, 11) is 0. The highest BCUT2D eigenvalue weighted by molar-refractivity contribution is 7.10. The largest absolute Gasteiger partial charge is 0.340 e. The molecule has 0 bridgehead atoms. The van der Waals surface area contributed by atoms with E-state index < -0.39 is 16.9 Å². The number of benzene rings is 1. The molecule has 1 unspecified atom stereocenters. The number of carbonyl (C=O) groups is 2. The number of non-ortho nitro benzene ring substituents is 1. The van der Waals surface area contributed by atoms with Gasteiger partial charge in [0.05, 0.1) is 15.5 Å². The number of carbonyl (C=O) groups excluding carboxylic acids is 2. The van der Waals surface area contributed by atoms with E-state index in [1.54, 1.807) is 16.2 Å². The smallest absolute Gasteiger partial charge is 0.270 e. The Morgan fingerprint density at radius 2 is 2.18 bits per heavy atom. The number of rotatable bonds is 6. The first kappa shape index (κ1) is 20.3. The second-order valence-corrected chi connectivity index (χ2v) is 8.02. The molecule has 0 aliphatic carbocycles. The Labute approximate surface area is 171 Å². The van der Waals surface area contributed by atoms with Gasteiger partial charge in [-0.2, -0.15) is 0 Å². The Bertz CT molecular complexity index is 914.